The first-order valence-corrected chi connectivity index (χ1v) is 15.2. The van der Waals surface area contributed by atoms with E-state index in [4.69, 9.17) is 16.1 Å². The first kappa shape index (κ1) is 28.7. The zero-order valence-corrected chi connectivity index (χ0v) is 24.6. The van der Waals surface area contributed by atoms with Gasteiger partial charge in [-0.15, -0.1) is 6.42 Å². The Morgan fingerprint density at radius 1 is 1.18 bits per heavy atom. The van der Waals surface area contributed by atoms with E-state index in [0.29, 0.717) is 41.5 Å². The second-order valence-corrected chi connectivity index (χ2v) is 12.3. The topological polar surface area (TPSA) is 79.3 Å². The molecule has 228 valence electrons. The van der Waals surface area contributed by atoms with Gasteiger partial charge < -0.3 is 15.0 Å². The van der Waals surface area contributed by atoms with Crippen LogP contribution in [0.3, 0.4) is 0 Å². The molecule has 3 atom stereocenters. The van der Waals surface area contributed by atoms with Crippen LogP contribution in [0.15, 0.2) is 30.7 Å². The third kappa shape index (κ3) is 5.00. The molecule has 3 aromatic heterocycles. The van der Waals surface area contributed by atoms with Crippen LogP contribution in [-0.2, 0) is 0 Å². The number of hydrogen-bond donors (Lipinski definition) is 1. The van der Waals surface area contributed by atoms with Crippen molar-refractivity contribution in [3.05, 3.63) is 47.9 Å². The maximum Gasteiger partial charge on any atom is 0.319 e. The highest BCUT2D eigenvalue weighted by molar-refractivity contribution is 6.01. The van der Waals surface area contributed by atoms with Crippen molar-refractivity contribution >= 4 is 27.5 Å². The summed E-state index contributed by atoms with van der Waals surface area (Å²) in [6, 6.07) is 3.10. The van der Waals surface area contributed by atoms with E-state index in [9.17, 15) is 8.78 Å². The Morgan fingerprint density at radius 3 is 2.89 bits per heavy atom. The van der Waals surface area contributed by atoms with E-state index >= 15 is 4.39 Å². The summed E-state index contributed by atoms with van der Waals surface area (Å²) >= 11 is 0. The fourth-order valence-corrected chi connectivity index (χ4v) is 7.28. The maximum absolute atomic E-state index is 16.6. The van der Waals surface area contributed by atoms with Crippen molar-refractivity contribution in [2.24, 2.45) is 0 Å². The minimum absolute atomic E-state index is 0.0106. The number of fused-ring (bicyclic) bond motifs is 3. The van der Waals surface area contributed by atoms with Crippen molar-refractivity contribution in [2.75, 3.05) is 44.7 Å². The molecule has 3 aliphatic heterocycles. The molecule has 8 nitrogen and oxygen atoms in total. The summed E-state index contributed by atoms with van der Waals surface area (Å²) < 4.78 is 52.0. The number of terminal acetylenes is 1. The van der Waals surface area contributed by atoms with Crippen molar-refractivity contribution in [1.82, 2.24) is 30.2 Å². The Hall–Kier alpha value is -4.01. The Kier molecular flexibility index (Phi) is 7.50. The maximum atomic E-state index is 16.6. The molecule has 1 aromatic carbocycles. The number of piperidine rings is 1. The van der Waals surface area contributed by atoms with Crippen LogP contribution < -0.4 is 15.0 Å². The molecule has 3 fully saturated rings. The monoisotopic (exact) mass is 601 g/mol. The van der Waals surface area contributed by atoms with Gasteiger partial charge in [0.2, 0.25) is 0 Å². The van der Waals surface area contributed by atoms with Crippen LogP contribution in [0.4, 0.5) is 19.0 Å². The van der Waals surface area contributed by atoms with Crippen LogP contribution >= 0.6 is 0 Å². The van der Waals surface area contributed by atoms with Crippen molar-refractivity contribution in [3.8, 4) is 29.6 Å². The number of alkyl halides is 1. The van der Waals surface area contributed by atoms with Crippen LogP contribution in [0.2, 0.25) is 0 Å². The predicted octanol–water partition coefficient (Wildman–Crippen LogP) is 5.03. The summed E-state index contributed by atoms with van der Waals surface area (Å²) in [4.78, 5) is 22.2. The first-order valence-electron chi connectivity index (χ1n) is 15.2. The molecule has 0 saturated carbocycles. The number of benzene rings is 1. The quantitative estimate of drug-likeness (QED) is 0.296. The molecule has 0 unspecified atom stereocenters. The molecule has 11 heteroatoms. The van der Waals surface area contributed by atoms with Gasteiger partial charge >= 0.3 is 6.01 Å². The molecule has 4 aromatic rings. The predicted molar refractivity (Wildman–Crippen MR) is 163 cm³/mol. The smallest absolute Gasteiger partial charge is 0.319 e. The Morgan fingerprint density at radius 2 is 2.07 bits per heavy atom. The van der Waals surface area contributed by atoms with E-state index in [-0.39, 0.29) is 41.0 Å². The highest BCUT2D eigenvalue weighted by Crippen LogP contribution is 2.41. The number of hydrogen-bond acceptors (Lipinski definition) is 8. The number of rotatable bonds is 7. The van der Waals surface area contributed by atoms with Gasteiger partial charge in [0.05, 0.1) is 16.5 Å². The van der Waals surface area contributed by atoms with Gasteiger partial charge in [0.15, 0.2) is 5.82 Å². The molecular formula is C33H34F3N7O. The summed E-state index contributed by atoms with van der Waals surface area (Å²) in [5, 5.41) is 4.87. The minimum atomic E-state index is -0.903. The molecule has 0 aliphatic carbocycles. The number of ether oxygens (including phenoxy) is 1. The largest absolute Gasteiger partial charge is 0.461 e. The van der Waals surface area contributed by atoms with Crippen LogP contribution in [0.5, 0.6) is 6.01 Å². The molecule has 3 saturated heterocycles. The van der Waals surface area contributed by atoms with Gasteiger partial charge in [0.25, 0.3) is 0 Å². The average Bonchev–Trinajstić information content (AvgIpc) is 3.56. The Balaban J connectivity index is 1.33. The molecule has 0 radical (unpaired) electrons. The third-order valence-corrected chi connectivity index (χ3v) is 9.42. The van der Waals surface area contributed by atoms with Crippen molar-refractivity contribution in [3.63, 3.8) is 0 Å². The lowest BCUT2D eigenvalue weighted by atomic mass is 9.95. The van der Waals surface area contributed by atoms with Gasteiger partial charge in [0.1, 0.15) is 35.6 Å². The van der Waals surface area contributed by atoms with Crippen LogP contribution in [0.25, 0.3) is 32.9 Å². The lowest BCUT2D eigenvalue weighted by molar-refractivity contribution is 0.107. The van der Waals surface area contributed by atoms with Crippen LogP contribution in [0, 0.1) is 24.0 Å². The molecule has 3 aliphatic rings. The van der Waals surface area contributed by atoms with E-state index in [1.165, 1.54) is 18.5 Å². The van der Waals surface area contributed by atoms with Crippen LogP contribution in [0.1, 0.15) is 44.1 Å². The Labute approximate surface area is 254 Å². The molecule has 1 N–H and O–H groups in total. The summed E-state index contributed by atoms with van der Waals surface area (Å²) in [7, 11) is 1.91. The lowest BCUT2D eigenvalue weighted by Crippen LogP contribution is -2.44. The third-order valence-electron chi connectivity index (χ3n) is 9.42. The summed E-state index contributed by atoms with van der Waals surface area (Å²) in [6.45, 7) is 3.03. The van der Waals surface area contributed by atoms with E-state index < -0.39 is 23.3 Å². The molecule has 0 bridgehead atoms. The number of likely N-dealkylation sites (N-methyl/N-ethyl adjacent to an activating group) is 1. The molecule has 44 heavy (non-hydrogen) atoms. The van der Waals surface area contributed by atoms with E-state index in [2.05, 4.69) is 31.1 Å². The molecule has 0 spiro atoms. The highest BCUT2D eigenvalue weighted by Gasteiger charge is 2.49. The van der Waals surface area contributed by atoms with Gasteiger partial charge in [-0.3, -0.25) is 14.9 Å². The first-order chi connectivity index (χ1) is 21.4. The van der Waals surface area contributed by atoms with Crippen molar-refractivity contribution < 1.29 is 17.9 Å². The summed E-state index contributed by atoms with van der Waals surface area (Å²) in [6.07, 6.45) is 14.8. The second-order valence-electron chi connectivity index (χ2n) is 12.3. The minimum Gasteiger partial charge on any atom is -0.461 e. The molecule has 6 heterocycles. The summed E-state index contributed by atoms with van der Waals surface area (Å²) in [5.41, 5.74) is -0.179. The van der Waals surface area contributed by atoms with Crippen molar-refractivity contribution in [1.29, 1.82) is 0 Å². The molecular weight excluding hydrogens is 567 g/mol. The average molecular weight is 602 g/mol. The molecule has 7 rings (SSSR count). The van der Waals surface area contributed by atoms with E-state index in [1.54, 1.807) is 12.3 Å². The number of nitrogens with zero attached hydrogens (tertiary/aromatic N) is 6. The standard InChI is InChI=1S/C33H34F3N7O/c1-3-23-26(35)9-8-20-14-37-15-24(27(20)23)29-28(36)30-25(16-39-29)31(42(2)18-22-7-4-5-11-38-22)41-32(40-30)44-19-33-10-6-12-43(33)17-21(34)13-33/h1,8-9,14-16,21-22,38H,4-7,10-13,17-19H2,2H3/t21-,22+,33+/m1/s1. The van der Waals surface area contributed by atoms with Gasteiger partial charge in [0, 0.05) is 67.5 Å². The second kappa shape index (κ2) is 11.5. The van der Waals surface area contributed by atoms with Gasteiger partial charge in [-0.2, -0.15) is 9.97 Å². The molecule has 0 amide bonds. The zero-order valence-electron chi connectivity index (χ0n) is 24.6. The van der Waals surface area contributed by atoms with Crippen molar-refractivity contribution in [2.45, 2.75) is 56.3 Å². The van der Waals surface area contributed by atoms with Crippen LogP contribution in [-0.4, -0.2) is 82.4 Å². The van der Waals surface area contributed by atoms with Gasteiger partial charge in [-0.05, 0) is 50.9 Å². The highest BCUT2D eigenvalue weighted by atomic mass is 19.1. The fraction of sp³-hybridized carbons (Fsp3) is 0.455. The number of aromatic nitrogens is 4. The summed E-state index contributed by atoms with van der Waals surface area (Å²) in [5.74, 6) is 1.58. The fourth-order valence-electron chi connectivity index (χ4n) is 7.28. The van der Waals surface area contributed by atoms with E-state index in [1.807, 2.05) is 11.9 Å². The lowest BCUT2D eigenvalue weighted by Gasteiger charge is -2.31. The van der Waals surface area contributed by atoms with Gasteiger partial charge in [-0.1, -0.05) is 12.3 Å². The number of anilines is 1. The normalized spacial score (nSPS) is 23.6. The Bertz CT molecular complexity index is 1770. The van der Waals surface area contributed by atoms with E-state index in [0.717, 1.165) is 45.2 Å². The SMILES string of the molecule is C#Cc1c(F)ccc2cncc(-c3ncc4c(N(C)C[C@@H]5CCCCN5)nc(OC[C@@]56CCCN5C[C@H](F)C6)nc4c3F)c12. The van der Waals surface area contributed by atoms with Gasteiger partial charge in [-0.25, -0.2) is 13.2 Å². The number of halogens is 3. The zero-order chi connectivity index (χ0) is 30.4. The number of nitrogens with one attached hydrogen (secondary N) is 1. The number of pyridine rings is 2.